The predicted molar refractivity (Wildman–Crippen MR) is 95.6 cm³/mol. The lowest BCUT2D eigenvalue weighted by Gasteiger charge is -2.08. The van der Waals surface area contributed by atoms with Crippen LogP contribution in [0.1, 0.15) is 31.7 Å². The van der Waals surface area contributed by atoms with Gasteiger partial charge in [0, 0.05) is 0 Å². The van der Waals surface area contributed by atoms with Crippen molar-refractivity contribution in [2.45, 2.75) is 26.2 Å². The number of allylic oxidation sites excluding steroid dienone is 4. The molecule has 0 saturated carbocycles. The first-order chi connectivity index (χ1) is 10.4. The second-order valence-electron chi connectivity index (χ2n) is 5.77. The number of hydrogen-bond donors (Lipinski definition) is 0. The minimum Gasteiger partial charge on any atom is -0.0710 e. The Morgan fingerprint density at radius 1 is 0.905 bits per heavy atom. The minimum atomic E-state index is -0.347. The van der Waals surface area contributed by atoms with Gasteiger partial charge < -0.3 is 0 Å². The van der Waals surface area contributed by atoms with Gasteiger partial charge in [0.2, 0.25) is 0 Å². The molecule has 1 heteroatoms. The van der Waals surface area contributed by atoms with E-state index in [1.54, 1.807) is 16.0 Å². The van der Waals surface area contributed by atoms with Crippen LogP contribution in [-0.2, 0) is 0 Å². The summed E-state index contributed by atoms with van der Waals surface area (Å²) in [6.45, 7) is 2.27. The maximum absolute atomic E-state index is 2.46. The van der Waals surface area contributed by atoms with Crippen LogP contribution >= 0.6 is 0 Å². The van der Waals surface area contributed by atoms with Crippen LogP contribution < -0.4 is 5.19 Å². The van der Waals surface area contributed by atoms with Crippen LogP contribution in [0.15, 0.2) is 77.5 Å². The minimum absolute atomic E-state index is 0.347. The quantitative estimate of drug-likeness (QED) is 0.730. The molecule has 0 radical (unpaired) electrons. The zero-order valence-corrected chi connectivity index (χ0v) is 14.1. The average molecular weight is 290 g/mol. The van der Waals surface area contributed by atoms with E-state index in [1.807, 2.05) is 0 Å². The van der Waals surface area contributed by atoms with E-state index >= 15 is 0 Å². The summed E-state index contributed by atoms with van der Waals surface area (Å²) < 4.78 is 0. The molecular formula is C20H22Si. The smallest absolute Gasteiger partial charge is 0.0710 e. The molecule has 0 fully saturated rings. The highest BCUT2D eigenvalue weighted by Crippen LogP contribution is 2.33. The second kappa shape index (κ2) is 6.73. The van der Waals surface area contributed by atoms with Gasteiger partial charge in [-0.05, 0) is 24.0 Å². The molecule has 0 unspecified atom stereocenters. The third-order valence-electron chi connectivity index (χ3n) is 4.09. The number of hydrogen-bond acceptors (Lipinski definition) is 0. The van der Waals surface area contributed by atoms with Gasteiger partial charge in [-0.2, -0.15) is 0 Å². The van der Waals surface area contributed by atoms with Crippen LogP contribution in [0, 0.1) is 0 Å². The summed E-state index contributed by atoms with van der Waals surface area (Å²) in [4.78, 5) is 0. The molecule has 1 aliphatic rings. The fourth-order valence-electron chi connectivity index (χ4n) is 3.11. The summed E-state index contributed by atoms with van der Waals surface area (Å²) in [5.41, 5.74) is 4.52. The van der Waals surface area contributed by atoms with Crippen molar-refractivity contribution in [3.8, 4) is 0 Å². The molecule has 21 heavy (non-hydrogen) atoms. The fourth-order valence-corrected chi connectivity index (χ4v) is 5.06. The van der Waals surface area contributed by atoms with Gasteiger partial charge in [0.25, 0.3) is 0 Å². The van der Waals surface area contributed by atoms with Gasteiger partial charge in [0.05, 0.1) is 9.52 Å². The largest absolute Gasteiger partial charge is 0.0836 e. The van der Waals surface area contributed by atoms with E-state index in [1.165, 1.54) is 30.4 Å². The van der Waals surface area contributed by atoms with E-state index in [-0.39, 0.29) is 9.52 Å². The normalized spacial score (nSPS) is 15.0. The molecule has 0 atom stereocenters. The van der Waals surface area contributed by atoms with E-state index in [4.69, 9.17) is 0 Å². The summed E-state index contributed by atoms with van der Waals surface area (Å²) >= 11 is 0. The summed E-state index contributed by atoms with van der Waals surface area (Å²) in [5.74, 6) is 0. The van der Waals surface area contributed by atoms with Crippen molar-refractivity contribution in [3.05, 3.63) is 83.1 Å². The predicted octanol–water partition coefficient (Wildman–Crippen LogP) is 4.02. The molecule has 0 spiro atoms. The molecule has 0 aromatic heterocycles. The Hall–Kier alpha value is -1.86. The maximum atomic E-state index is 2.46. The van der Waals surface area contributed by atoms with Gasteiger partial charge in [-0.25, -0.2) is 0 Å². The van der Waals surface area contributed by atoms with Crippen molar-refractivity contribution in [1.29, 1.82) is 0 Å². The first-order valence-corrected chi connectivity index (χ1v) is 9.29. The van der Waals surface area contributed by atoms with Crippen molar-refractivity contribution < 1.29 is 0 Å². The van der Waals surface area contributed by atoms with Crippen molar-refractivity contribution in [1.82, 2.24) is 0 Å². The van der Waals surface area contributed by atoms with Crippen LogP contribution in [0.25, 0.3) is 5.57 Å². The lowest BCUT2D eigenvalue weighted by atomic mass is 10.1. The molecule has 0 amide bonds. The van der Waals surface area contributed by atoms with E-state index < -0.39 is 0 Å². The molecule has 0 saturated heterocycles. The molecule has 106 valence electrons. The van der Waals surface area contributed by atoms with Crippen LogP contribution in [-0.4, -0.2) is 9.52 Å². The SMILES string of the molecule is CCCC1=CC(c2ccccc2)=C([SiH2]c2ccccc2)C1. The van der Waals surface area contributed by atoms with Crippen LogP contribution in [0.3, 0.4) is 0 Å². The summed E-state index contributed by atoms with van der Waals surface area (Å²) in [7, 11) is -0.347. The van der Waals surface area contributed by atoms with Crippen molar-refractivity contribution >= 4 is 20.3 Å². The first kappa shape index (κ1) is 14.1. The third kappa shape index (κ3) is 3.42. The van der Waals surface area contributed by atoms with Crippen LogP contribution in [0.5, 0.6) is 0 Å². The Balaban J connectivity index is 1.91. The summed E-state index contributed by atoms with van der Waals surface area (Å²) in [5, 5.41) is 3.25. The van der Waals surface area contributed by atoms with Gasteiger partial charge in [-0.1, -0.05) is 96.0 Å². The zero-order chi connectivity index (χ0) is 14.5. The first-order valence-electron chi connectivity index (χ1n) is 7.87. The number of rotatable bonds is 5. The molecule has 0 heterocycles. The Bertz CT molecular complexity index is 651. The van der Waals surface area contributed by atoms with Crippen molar-refractivity contribution in [2.24, 2.45) is 0 Å². The van der Waals surface area contributed by atoms with E-state index in [2.05, 4.69) is 73.7 Å². The average Bonchev–Trinajstić information content (AvgIpc) is 2.92. The molecular weight excluding hydrogens is 268 g/mol. The monoisotopic (exact) mass is 290 g/mol. The Kier molecular flexibility index (Phi) is 4.51. The highest BCUT2D eigenvalue weighted by atomic mass is 28.2. The summed E-state index contributed by atoms with van der Waals surface area (Å²) in [6.07, 6.45) is 6.15. The molecule has 2 aromatic carbocycles. The fraction of sp³-hybridized carbons (Fsp3) is 0.200. The topological polar surface area (TPSA) is 0 Å². The molecule has 2 aromatic rings. The zero-order valence-electron chi connectivity index (χ0n) is 12.7. The highest BCUT2D eigenvalue weighted by Gasteiger charge is 2.17. The van der Waals surface area contributed by atoms with E-state index in [0.29, 0.717) is 0 Å². The van der Waals surface area contributed by atoms with Gasteiger partial charge in [0.1, 0.15) is 0 Å². The van der Waals surface area contributed by atoms with Gasteiger partial charge >= 0.3 is 0 Å². The van der Waals surface area contributed by atoms with Crippen molar-refractivity contribution in [2.75, 3.05) is 0 Å². The van der Waals surface area contributed by atoms with Gasteiger partial charge in [-0.3, -0.25) is 0 Å². The molecule has 0 nitrogen and oxygen atoms in total. The second-order valence-corrected chi connectivity index (χ2v) is 7.80. The Morgan fingerprint density at radius 2 is 1.57 bits per heavy atom. The molecule has 0 bridgehead atoms. The number of benzene rings is 2. The van der Waals surface area contributed by atoms with E-state index in [9.17, 15) is 0 Å². The summed E-state index contributed by atoms with van der Waals surface area (Å²) in [6, 6.07) is 21.9. The standard InChI is InChI=1S/C20H22Si/c1-2-9-16-14-19(17-10-5-3-6-11-17)20(15-16)21-18-12-7-4-8-13-18/h3-8,10-14H,2,9,15,21H2,1H3. The molecule has 3 rings (SSSR count). The van der Waals surface area contributed by atoms with Crippen LogP contribution in [0.2, 0.25) is 0 Å². The Labute approximate surface area is 130 Å². The maximum Gasteiger partial charge on any atom is 0.0836 e. The third-order valence-corrected chi connectivity index (χ3v) is 6.02. The lowest BCUT2D eigenvalue weighted by Crippen LogP contribution is -2.16. The molecule has 0 N–H and O–H groups in total. The highest BCUT2D eigenvalue weighted by molar-refractivity contribution is 6.62. The Morgan fingerprint density at radius 3 is 2.24 bits per heavy atom. The van der Waals surface area contributed by atoms with Crippen LogP contribution in [0.4, 0.5) is 0 Å². The molecule has 1 aliphatic carbocycles. The van der Waals surface area contributed by atoms with Gasteiger partial charge in [-0.15, -0.1) is 0 Å². The lowest BCUT2D eigenvalue weighted by molar-refractivity contribution is 0.884. The van der Waals surface area contributed by atoms with E-state index in [0.717, 1.165) is 0 Å². The van der Waals surface area contributed by atoms with Crippen molar-refractivity contribution in [3.63, 3.8) is 0 Å². The van der Waals surface area contributed by atoms with Gasteiger partial charge in [0.15, 0.2) is 0 Å². The molecule has 0 aliphatic heterocycles.